The molecule has 0 saturated carbocycles. The van der Waals surface area contributed by atoms with Crippen LogP contribution in [0.4, 0.5) is 0 Å². The van der Waals surface area contributed by atoms with Crippen LogP contribution in [0.2, 0.25) is 0 Å². The lowest BCUT2D eigenvalue weighted by Crippen LogP contribution is -2.72. The van der Waals surface area contributed by atoms with Crippen molar-refractivity contribution in [2.75, 3.05) is 0 Å². The Hall–Kier alpha value is -4.57. The number of furan rings is 1. The fourth-order valence-corrected chi connectivity index (χ4v) is 7.71. The summed E-state index contributed by atoms with van der Waals surface area (Å²) < 4.78 is 15.9. The summed E-state index contributed by atoms with van der Waals surface area (Å²) in [5, 5.41) is 2.23. The molecule has 4 heterocycles. The van der Waals surface area contributed by atoms with E-state index in [1.807, 2.05) is 12.1 Å². The number of para-hydroxylation sites is 3. The van der Waals surface area contributed by atoms with Crippen molar-refractivity contribution in [2.45, 2.75) is 45.4 Å². The molecule has 202 valence electrons. The number of aromatic nitrogens is 1. The van der Waals surface area contributed by atoms with E-state index >= 15 is 0 Å². The van der Waals surface area contributed by atoms with Crippen LogP contribution in [0.25, 0.3) is 55.6 Å². The minimum Gasteiger partial charge on any atom is -0.455 e. The molecule has 7 aromatic rings. The van der Waals surface area contributed by atoms with E-state index in [0.717, 1.165) is 44.5 Å². The van der Waals surface area contributed by atoms with E-state index in [-0.39, 0.29) is 17.7 Å². The van der Waals surface area contributed by atoms with Gasteiger partial charge in [-0.2, -0.15) is 0 Å². The number of benzene rings is 5. The standard InChI is InChI=1S/C38H31BNO2/c1-37(2,3)22-19-20-28-30(21-22)39-33-24(12-9-16-29(33)38(28,4)5)25-13-10-18-32-34(25)40(39)36(42-32)27-15-8-14-26-23-11-6-7-17-31(23)41-35(26)27/h6-21H,1-5H3/q+1. The summed E-state index contributed by atoms with van der Waals surface area (Å²) in [4.78, 5) is 0. The summed E-state index contributed by atoms with van der Waals surface area (Å²) in [6.07, 6.45) is 0. The molecule has 0 aliphatic carbocycles. The van der Waals surface area contributed by atoms with Crippen LogP contribution in [0, 0.1) is 0 Å². The number of hydrogen-bond acceptors (Lipinski definition) is 2. The van der Waals surface area contributed by atoms with Crippen LogP contribution in [0.1, 0.15) is 51.3 Å². The molecule has 0 amide bonds. The largest absolute Gasteiger partial charge is 0.563 e. The van der Waals surface area contributed by atoms with Gasteiger partial charge in [-0.05, 0) is 51.9 Å². The fourth-order valence-electron chi connectivity index (χ4n) is 7.71. The maximum atomic E-state index is 6.90. The van der Waals surface area contributed by atoms with Gasteiger partial charge >= 0.3 is 12.7 Å². The molecular weight excluding hydrogens is 513 g/mol. The minimum atomic E-state index is -0.137. The summed E-state index contributed by atoms with van der Waals surface area (Å²) in [6, 6.07) is 35.2. The highest BCUT2D eigenvalue weighted by molar-refractivity contribution is 6.81. The number of oxazole rings is 1. The van der Waals surface area contributed by atoms with Gasteiger partial charge in [0, 0.05) is 27.1 Å². The Bertz CT molecular complexity index is 2280. The second-order valence-electron chi connectivity index (χ2n) is 13.6. The zero-order valence-electron chi connectivity index (χ0n) is 24.6. The predicted molar refractivity (Wildman–Crippen MR) is 172 cm³/mol. The lowest BCUT2D eigenvalue weighted by molar-refractivity contribution is -0.495. The molecule has 9 rings (SSSR count). The van der Waals surface area contributed by atoms with Crippen molar-refractivity contribution in [3.05, 3.63) is 114 Å². The van der Waals surface area contributed by atoms with Gasteiger partial charge in [-0.25, -0.2) is 4.48 Å². The van der Waals surface area contributed by atoms with Gasteiger partial charge in [-0.15, -0.1) is 0 Å². The first-order valence-corrected chi connectivity index (χ1v) is 14.9. The van der Waals surface area contributed by atoms with E-state index < -0.39 is 0 Å². The Balaban J connectivity index is 1.44. The molecule has 0 saturated heterocycles. The third kappa shape index (κ3) is 2.95. The maximum absolute atomic E-state index is 6.90. The second kappa shape index (κ2) is 7.83. The second-order valence-corrected chi connectivity index (χ2v) is 13.6. The van der Waals surface area contributed by atoms with Crippen LogP contribution in [-0.2, 0) is 10.8 Å². The topological polar surface area (TPSA) is 30.2 Å². The van der Waals surface area contributed by atoms with E-state index in [1.54, 1.807) is 0 Å². The van der Waals surface area contributed by atoms with E-state index in [1.165, 1.54) is 38.7 Å². The molecule has 0 spiro atoms. The first-order chi connectivity index (χ1) is 20.2. The highest BCUT2D eigenvalue weighted by atomic mass is 16.4. The molecular formula is C38H31BNO2+. The Kier molecular flexibility index (Phi) is 4.49. The SMILES string of the molecule is CC(C)(C)c1ccc2c(c1)B1c3c(cccc3C2(C)C)-c2cccc3oc(-c4cccc5c4oc4ccccc45)[n+]1c23. The molecule has 0 unspecified atom stereocenters. The van der Waals surface area contributed by atoms with E-state index in [4.69, 9.17) is 8.83 Å². The summed E-state index contributed by atoms with van der Waals surface area (Å²) in [5.41, 5.74) is 14.0. The quantitative estimate of drug-likeness (QED) is 0.197. The van der Waals surface area contributed by atoms with Gasteiger partial charge in [0.15, 0.2) is 5.58 Å². The monoisotopic (exact) mass is 544 g/mol. The highest BCUT2D eigenvalue weighted by Crippen LogP contribution is 2.42. The highest BCUT2D eigenvalue weighted by Gasteiger charge is 2.54. The third-order valence-corrected chi connectivity index (χ3v) is 9.79. The zero-order chi connectivity index (χ0) is 28.5. The fraction of sp³-hybridized carbons (Fsp3) is 0.184. The van der Waals surface area contributed by atoms with Crippen molar-refractivity contribution in [1.29, 1.82) is 0 Å². The van der Waals surface area contributed by atoms with Gasteiger partial charge in [-0.1, -0.05) is 107 Å². The third-order valence-electron chi connectivity index (χ3n) is 9.79. The van der Waals surface area contributed by atoms with Gasteiger partial charge < -0.3 is 8.83 Å². The summed E-state index contributed by atoms with van der Waals surface area (Å²) in [6.45, 7) is 11.6. The molecule has 2 aliphatic rings. The van der Waals surface area contributed by atoms with E-state index in [0.29, 0.717) is 0 Å². The number of fused-ring (bicyclic) bond motifs is 7. The van der Waals surface area contributed by atoms with Crippen LogP contribution in [0.5, 0.6) is 0 Å². The molecule has 0 fully saturated rings. The van der Waals surface area contributed by atoms with Crippen molar-refractivity contribution in [3.63, 3.8) is 0 Å². The van der Waals surface area contributed by atoms with Crippen molar-refractivity contribution in [1.82, 2.24) is 0 Å². The first kappa shape index (κ1) is 24.1. The van der Waals surface area contributed by atoms with Crippen molar-refractivity contribution in [2.24, 2.45) is 0 Å². The molecule has 0 atom stereocenters. The smallest absolute Gasteiger partial charge is 0.455 e. The summed E-state index contributed by atoms with van der Waals surface area (Å²) in [5.74, 6) is 0.833. The maximum Gasteiger partial charge on any atom is 0.563 e. The average Bonchev–Trinajstić information content (AvgIpc) is 3.56. The Morgan fingerprint density at radius 2 is 1.38 bits per heavy atom. The Morgan fingerprint density at radius 1 is 0.667 bits per heavy atom. The van der Waals surface area contributed by atoms with Crippen LogP contribution >= 0.6 is 0 Å². The van der Waals surface area contributed by atoms with Gasteiger partial charge in [-0.3, -0.25) is 0 Å². The van der Waals surface area contributed by atoms with Gasteiger partial charge in [0.1, 0.15) is 11.1 Å². The van der Waals surface area contributed by atoms with Crippen LogP contribution in [0.3, 0.4) is 0 Å². The van der Waals surface area contributed by atoms with Crippen LogP contribution in [0.15, 0.2) is 106 Å². The lowest BCUT2D eigenvalue weighted by Gasteiger charge is -2.38. The molecule has 4 heteroatoms. The molecule has 0 radical (unpaired) electrons. The predicted octanol–water partition coefficient (Wildman–Crippen LogP) is 7.86. The lowest BCUT2D eigenvalue weighted by atomic mass is 9.39. The zero-order valence-corrected chi connectivity index (χ0v) is 24.6. The summed E-state index contributed by atoms with van der Waals surface area (Å²) >= 11 is 0. The van der Waals surface area contributed by atoms with E-state index in [2.05, 4.69) is 124 Å². The molecule has 2 aromatic heterocycles. The summed E-state index contributed by atoms with van der Waals surface area (Å²) in [7, 11) is 0. The molecule has 42 heavy (non-hydrogen) atoms. The van der Waals surface area contributed by atoms with Gasteiger partial charge in [0.05, 0.1) is 5.56 Å². The minimum absolute atomic E-state index is 0.0210. The molecule has 0 bridgehead atoms. The van der Waals surface area contributed by atoms with E-state index in [9.17, 15) is 0 Å². The van der Waals surface area contributed by atoms with Crippen LogP contribution in [-0.4, -0.2) is 6.85 Å². The van der Waals surface area contributed by atoms with Gasteiger partial charge in [0.25, 0.3) is 0 Å². The first-order valence-electron chi connectivity index (χ1n) is 14.9. The molecule has 0 N–H and O–H groups in total. The molecule has 5 aromatic carbocycles. The van der Waals surface area contributed by atoms with Crippen LogP contribution < -0.4 is 15.4 Å². The van der Waals surface area contributed by atoms with Crippen molar-refractivity contribution in [3.8, 4) is 22.6 Å². The Morgan fingerprint density at radius 3 is 2.24 bits per heavy atom. The molecule has 3 nitrogen and oxygen atoms in total. The van der Waals surface area contributed by atoms with Gasteiger partial charge in [0.2, 0.25) is 11.1 Å². The van der Waals surface area contributed by atoms with Crippen molar-refractivity contribution >= 4 is 50.8 Å². The number of hydrogen-bond donors (Lipinski definition) is 0. The average molecular weight is 544 g/mol. The number of nitrogens with zero attached hydrogens (tertiary/aromatic N) is 1. The molecule has 2 aliphatic heterocycles. The van der Waals surface area contributed by atoms with Crippen molar-refractivity contribution < 1.29 is 13.3 Å². The Labute approximate surface area is 245 Å². The number of rotatable bonds is 1. The normalized spacial score (nSPS) is 14.9.